The van der Waals surface area contributed by atoms with E-state index in [1.165, 1.54) is 0 Å². The summed E-state index contributed by atoms with van der Waals surface area (Å²) in [4.78, 5) is 14.1. The van der Waals surface area contributed by atoms with E-state index in [4.69, 9.17) is 10.00 Å². The van der Waals surface area contributed by atoms with Crippen LogP contribution < -0.4 is 5.32 Å². The number of carbonyl (C=O) groups excluding carboxylic acids is 1. The first-order chi connectivity index (χ1) is 8.38. The number of nitrogens with zero attached hydrogens (tertiary/aromatic N) is 2. The number of fused-ring (bicyclic) bond motifs is 2. The Morgan fingerprint density at radius 3 is 2.94 bits per heavy atom. The topological polar surface area (TPSA) is 65.4 Å². The Labute approximate surface area is 108 Å². The molecule has 2 fully saturated rings. The maximum Gasteiger partial charge on any atom is 0.411 e. The van der Waals surface area contributed by atoms with E-state index in [2.05, 4.69) is 11.4 Å². The van der Waals surface area contributed by atoms with E-state index in [0.717, 1.165) is 19.4 Å². The number of hydrogen-bond donors (Lipinski definition) is 1. The lowest BCUT2D eigenvalue weighted by Crippen LogP contribution is -2.62. The summed E-state index contributed by atoms with van der Waals surface area (Å²) in [5, 5.41) is 12.3. The third-order valence-electron chi connectivity index (χ3n) is 3.65. The van der Waals surface area contributed by atoms with E-state index in [0.29, 0.717) is 13.0 Å². The molecule has 2 saturated heterocycles. The Kier molecular flexibility index (Phi) is 3.24. The lowest BCUT2D eigenvalue weighted by atomic mass is 9.92. The van der Waals surface area contributed by atoms with E-state index in [1.807, 2.05) is 25.7 Å². The number of amides is 1. The van der Waals surface area contributed by atoms with Crippen molar-refractivity contribution in [3.63, 3.8) is 0 Å². The van der Waals surface area contributed by atoms with E-state index in [9.17, 15) is 4.79 Å². The largest absolute Gasteiger partial charge is 0.444 e. The average Bonchev–Trinajstić information content (AvgIpc) is 2.44. The van der Waals surface area contributed by atoms with Crippen LogP contribution in [0, 0.1) is 11.3 Å². The van der Waals surface area contributed by atoms with E-state index in [1.54, 1.807) is 0 Å². The first-order valence-corrected chi connectivity index (χ1v) is 6.48. The quantitative estimate of drug-likeness (QED) is 0.769. The Morgan fingerprint density at radius 2 is 2.33 bits per heavy atom. The van der Waals surface area contributed by atoms with Gasteiger partial charge >= 0.3 is 6.09 Å². The standard InChI is InChI=1S/C13H21N3O2/c1-12(2,3)18-11(17)16-10-4-5-13(16,6-7-14)9-15-8-10/h10,15H,4-6,8-9H2,1-3H3/t10-,13-/m0/s1. The first-order valence-electron chi connectivity index (χ1n) is 6.48. The summed E-state index contributed by atoms with van der Waals surface area (Å²) >= 11 is 0. The van der Waals surface area contributed by atoms with Crippen molar-refractivity contribution in [3.05, 3.63) is 0 Å². The van der Waals surface area contributed by atoms with Gasteiger partial charge in [0.25, 0.3) is 0 Å². The van der Waals surface area contributed by atoms with Crippen LogP contribution >= 0.6 is 0 Å². The van der Waals surface area contributed by atoms with Gasteiger partial charge in [-0.1, -0.05) is 0 Å². The molecule has 1 N–H and O–H groups in total. The van der Waals surface area contributed by atoms with Crippen molar-refractivity contribution in [2.45, 2.75) is 57.2 Å². The fraction of sp³-hybridized carbons (Fsp3) is 0.846. The minimum Gasteiger partial charge on any atom is -0.444 e. The van der Waals surface area contributed by atoms with Gasteiger partial charge in [-0.25, -0.2) is 4.79 Å². The average molecular weight is 251 g/mol. The van der Waals surface area contributed by atoms with Crippen molar-refractivity contribution in [2.75, 3.05) is 13.1 Å². The van der Waals surface area contributed by atoms with Gasteiger partial charge in [-0.05, 0) is 33.6 Å². The molecule has 2 atom stereocenters. The number of nitriles is 1. The number of rotatable bonds is 1. The fourth-order valence-corrected chi connectivity index (χ4v) is 2.95. The molecule has 2 rings (SSSR count). The van der Waals surface area contributed by atoms with Gasteiger partial charge in [-0.2, -0.15) is 5.26 Å². The van der Waals surface area contributed by atoms with Crippen LogP contribution in [0.4, 0.5) is 4.79 Å². The van der Waals surface area contributed by atoms with Crippen LogP contribution in [0.5, 0.6) is 0 Å². The highest BCUT2D eigenvalue weighted by Gasteiger charge is 2.52. The zero-order valence-corrected chi connectivity index (χ0v) is 11.3. The molecule has 2 aliphatic heterocycles. The zero-order chi connectivity index (χ0) is 13.4. The predicted molar refractivity (Wildman–Crippen MR) is 66.9 cm³/mol. The summed E-state index contributed by atoms with van der Waals surface area (Å²) in [5.74, 6) is 0. The normalized spacial score (nSPS) is 31.0. The molecule has 1 amide bonds. The molecule has 0 radical (unpaired) electrons. The van der Waals surface area contributed by atoms with Crippen LogP contribution in [0.3, 0.4) is 0 Å². The van der Waals surface area contributed by atoms with Crippen LogP contribution in [0.15, 0.2) is 0 Å². The fourth-order valence-electron chi connectivity index (χ4n) is 2.95. The summed E-state index contributed by atoms with van der Waals surface area (Å²) in [6, 6.07) is 2.38. The highest BCUT2D eigenvalue weighted by atomic mass is 16.6. The van der Waals surface area contributed by atoms with Crippen molar-refractivity contribution >= 4 is 6.09 Å². The first kappa shape index (κ1) is 13.2. The van der Waals surface area contributed by atoms with E-state index in [-0.39, 0.29) is 17.7 Å². The number of piperazine rings is 1. The van der Waals surface area contributed by atoms with Gasteiger partial charge in [-0.3, -0.25) is 4.90 Å². The molecule has 18 heavy (non-hydrogen) atoms. The third kappa shape index (κ3) is 2.30. The molecule has 0 aromatic carbocycles. The summed E-state index contributed by atoms with van der Waals surface area (Å²) in [6.07, 6.45) is 1.93. The molecular formula is C13H21N3O2. The van der Waals surface area contributed by atoms with Crippen molar-refractivity contribution in [3.8, 4) is 6.07 Å². The van der Waals surface area contributed by atoms with Crippen molar-refractivity contribution in [2.24, 2.45) is 0 Å². The van der Waals surface area contributed by atoms with Crippen LogP contribution in [0.1, 0.15) is 40.0 Å². The van der Waals surface area contributed by atoms with Crippen molar-refractivity contribution in [1.29, 1.82) is 5.26 Å². The molecule has 2 heterocycles. The van der Waals surface area contributed by atoms with Gasteiger partial charge in [0.1, 0.15) is 5.60 Å². The molecule has 0 saturated carbocycles. The Morgan fingerprint density at radius 1 is 1.61 bits per heavy atom. The monoisotopic (exact) mass is 251 g/mol. The molecule has 2 bridgehead atoms. The maximum absolute atomic E-state index is 12.3. The van der Waals surface area contributed by atoms with Gasteiger partial charge in [0, 0.05) is 19.1 Å². The molecule has 5 nitrogen and oxygen atoms in total. The number of nitrogens with one attached hydrogen (secondary N) is 1. The van der Waals surface area contributed by atoms with Crippen molar-refractivity contribution in [1.82, 2.24) is 10.2 Å². The minimum absolute atomic E-state index is 0.168. The number of ether oxygens (including phenoxy) is 1. The second kappa shape index (κ2) is 4.43. The molecule has 100 valence electrons. The highest BCUT2D eigenvalue weighted by Crippen LogP contribution is 2.39. The van der Waals surface area contributed by atoms with Gasteiger partial charge in [-0.15, -0.1) is 0 Å². The van der Waals surface area contributed by atoms with Crippen LogP contribution in [0.25, 0.3) is 0 Å². The lowest BCUT2D eigenvalue weighted by molar-refractivity contribution is -0.00910. The highest BCUT2D eigenvalue weighted by molar-refractivity contribution is 5.70. The van der Waals surface area contributed by atoms with Crippen LogP contribution in [-0.4, -0.2) is 41.3 Å². The third-order valence-corrected chi connectivity index (χ3v) is 3.65. The summed E-state index contributed by atoms with van der Waals surface area (Å²) in [6.45, 7) is 7.09. The van der Waals surface area contributed by atoms with E-state index >= 15 is 0 Å². The van der Waals surface area contributed by atoms with Crippen LogP contribution in [0.2, 0.25) is 0 Å². The maximum atomic E-state index is 12.3. The lowest BCUT2D eigenvalue weighted by Gasteiger charge is -2.44. The Bertz CT molecular complexity index is 379. The summed E-state index contributed by atoms with van der Waals surface area (Å²) in [7, 11) is 0. The molecule has 0 spiro atoms. The molecule has 5 heteroatoms. The van der Waals surface area contributed by atoms with Crippen molar-refractivity contribution < 1.29 is 9.53 Å². The second-order valence-electron chi connectivity index (χ2n) is 6.23. The smallest absolute Gasteiger partial charge is 0.411 e. The summed E-state index contributed by atoms with van der Waals surface area (Å²) < 4.78 is 5.48. The molecule has 0 aliphatic carbocycles. The second-order valence-corrected chi connectivity index (χ2v) is 6.23. The van der Waals surface area contributed by atoms with E-state index < -0.39 is 5.60 Å². The number of hydrogen-bond acceptors (Lipinski definition) is 4. The molecule has 0 aromatic heterocycles. The molecular weight excluding hydrogens is 230 g/mol. The molecule has 0 aromatic rings. The van der Waals surface area contributed by atoms with Gasteiger partial charge < -0.3 is 10.1 Å². The SMILES string of the molecule is CC(C)(C)OC(=O)N1[C@H]2CC[C@]1(CC#N)CNC2. The predicted octanol–water partition coefficient (Wildman–Crippen LogP) is 1.64. The van der Waals surface area contributed by atoms with Crippen LogP contribution in [-0.2, 0) is 4.74 Å². The molecule has 0 unspecified atom stereocenters. The number of carbonyl (C=O) groups is 1. The zero-order valence-electron chi connectivity index (χ0n) is 11.3. The van der Waals surface area contributed by atoms with Gasteiger partial charge in [0.15, 0.2) is 0 Å². The van der Waals surface area contributed by atoms with Gasteiger partial charge in [0.2, 0.25) is 0 Å². The Balaban J connectivity index is 2.19. The molecule has 2 aliphatic rings. The summed E-state index contributed by atoms with van der Waals surface area (Å²) in [5.41, 5.74) is -0.852. The minimum atomic E-state index is -0.491. The Hall–Kier alpha value is -1.28. The van der Waals surface area contributed by atoms with Gasteiger partial charge in [0.05, 0.1) is 18.0 Å².